The van der Waals surface area contributed by atoms with Crippen LogP contribution in [0.15, 0.2) is 10.7 Å². The normalized spacial score (nSPS) is 10.6. The van der Waals surface area contributed by atoms with Crippen molar-refractivity contribution in [2.24, 2.45) is 0 Å². The summed E-state index contributed by atoms with van der Waals surface area (Å²) in [4.78, 5) is 13.0. The third-order valence-corrected chi connectivity index (χ3v) is 2.22. The Morgan fingerprint density at radius 2 is 2.21 bits per heavy atom. The van der Waals surface area contributed by atoms with Gasteiger partial charge in [-0.05, 0) is 22.4 Å². The Bertz CT molecular complexity index is 361. The standard InChI is InChI=1S/C7H5BrF2N2O2/c1-3-2-4(12(13)14)11-6(8)5(3)7(9)10/h2,7H,1H3. The minimum absolute atomic E-state index is 0.147. The predicted octanol–water partition coefficient (Wildman–Crippen LogP) is 3.00. The largest absolute Gasteiger partial charge is 0.364 e. The number of halogens is 3. The van der Waals surface area contributed by atoms with Crippen LogP contribution in [0.4, 0.5) is 14.6 Å². The Morgan fingerprint density at radius 3 is 2.57 bits per heavy atom. The summed E-state index contributed by atoms with van der Waals surface area (Å²) in [5, 5.41) is 10.3. The number of hydrogen-bond donors (Lipinski definition) is 0. The lowest BCUT2D eigenvalue weighted by Crippen LogP contribution is -1.99. The van der Waals surface area contributed by atoms with Gasteiger partial charge in [0.1, 0.15) is 0 Å². The first-order valence-electron chi connectivity index (χ1n) is 3.53. The molecule has 1 aromatic rings. The van der Waals surface area contributed by atoms with Crippen molar-refractivity contribution in [3.8, 4) is 0 Å². The highest BCUT2D eigenvalue weighted by molar-refractivity contribution is 9.10. The third-order valence-electron chi connectivity index (χ3n) is 1.61. The van der Waals surface area contributed by atoms with Gasteiger partial charge in [0.2, 0.25) is 4.60 Å². The summed E-state index contributed by atoms with van der Waals surface area (Å²) in [5.41, 5.74) is -0.163. The number of rotatable bonds is 2. The number of aromatic nitrogens is 1. The second kappa shape index (κ2) is 3.95. The summed E-state index contributed by atoms with van der Waals surface area (Å²) in [6.07, 6.45) is -2.70. The van der Waals surface area contributed by atoms with Crippen molar-refractivity contribution in [3.05, 3.63) is 31.9 Å². The molecule has 1 aromatic heterocycles. The Balaban J connectivity index is 3.32. The second-order valence-corrected chi connectivity index (χ2v) is 3.31. The second-order valence-electron chi connectivity index (χ2n) is 2.56. The predicted molar refractivity (Wildman–Crippen MR) is 48.3 cm³/mol. The molecule has 0 unspecified atom stereocenters. The van der Waals surface area contributed by atoms with Gasteiger partial charge in [-0.1, -0.05) is 0 Å². The van der Waals surface area contributed by atoms with Crippen molar-refractivity contribution in [2.45, 2.75) is 13.3 Å². The molecule has 0 aliphatic heterocycles. The maximum absolute atomic E-state index is 12.4. The molecule has 14 heavy (non-hydrogen) atoms. The number of hydrogen-bond acceptors (Lipinski definition) is 3. The molecule has 0 aliphatic rings. The van der Waals surface area contributed by atoms with Gasteiger partial charge >= 0.3 is 5.82 Å². The van der Waals surface area contributed by atoms with E-state index in [0.29, 0.717) is 0 Å². The van der Waals surface area contributed by atoms with E-state index in [0.717, 1.165) is 6.07 Å². The molecule has 0 atom stereocenters. The van der Waals surface area contributed by atoms with Crippen LogP contribution in [0.25, 0.3) is 0 Å². The quantitative estimate of drug-likeness (QED) is 0.470. The SMILES string of the molecule is Cc1cc([N+](=O)[O-])nc(Br)c1C(F)F. The van der Waals surface area contributed by atoms with Crippen molar-refractivity contribution < 1.29 is 13.7 Å². The number of pyridine rings is 1. The van der Waals surface area contributed by atoms with E-state index in [1.807, 2.05) is 0 Å². The first-order valence-corrected chi connectivity index (χ1v) is 4.32. The van der Waals surface area contributed by atoms with E-state index in [4.69, 9.17) is 0 Å². The summed E-state index contributed by atoms with van der Waals surface area (Å²) >= 11 is 2.77. The van der Waals surface area contributed by atoms with Crippen LogP contribution in [0.5, 0.6) is 0 Å². The molecule has 0 fully saturated rings. The van der Waals surface area contributed by atoms with Crippen LogP contribution in [-0.2, 0) is 0 Å². The van der Waals surface area contributed by atoms with Crippen LogP contribution < -0.4 is 0 Å². The van der Waals surface area contributed by atoms with Crippen LogP contribution in [-0.4, -0.2) is 9.91 Å². The lowest BCUT2D eigenvalue weighted by molar-refractivity contribution is -0.389. The maximum atomic E-state index is 12.4. The van der Waals surface area contributed by atoms with Crippen LogP contribution >= 0.6 is 15.9 Å². The zero-order valence-corrected chi connectivity index (χ0v) is 8.59. The van der Waals surface area contributed by atoms with Crippen molar-refractivity contribution in [1.82, 2.24) is 4.98 Å². The van der Waals surface area contributed by atoms with Crippen LogP contribution in [0.2, 0.25) is 0 Å². The van der Waals surface area contributed by atoms with Crippen molar-refractivity contribution >= 4 is 21.7 Å². The van der Waals surface area contributed by atoms with Crippen molar-refractivity contribution in [3.63, 3.8) is 0 Å². The van der Waals surface area contributed by atoms with Gasteiger partial charge in [0.15, 0.2) is 0 Å². The number of alkyl halides is 2. The van der Waals surface area contributed by atoms with E-state index in [2.05, 4.69) is 20.9 Å². The Morgan fingerprint density at radius 1 is 1.64 bits per heavy atom. The van der Waals surface area contributed by atoms with E-state index in [1.165, 1.54) is 6.92 Å². The van der Waals surface area contributed by atoms with Crippen molar-refractivity contribution in [1.29, 1.82) is 0 Å². The average molecular weight is 267 g/mol. The molecule has 1 rings (SSSR count). The molecule has 76 valence electrons. The molecule has 0 N–H and O–H groups in total. The molecule has 0 saturated carbocycles. The van der Waals surface area contributed by atoms with Gasteiger partial charge in [0, 0.05) is 22.0 Å². The Hall–Kier alpha value is -1.11. The zero-order valence-electron chi connectivity index (χ0n) is 7.00. The van der Waals surface area contributed by atoms with E-state index < -0.39 is 17.2 Å². The number of aryl methyl sites for hydroxylation is 1. The van der Waals surface area contributed by atoms with Gasteiger partial charge < -0.3 is 10.1 Å². The minimum Gasteiger partial charge on any atom is -0.358 e. The molecule has 0 aliphatic carbocycles. The number of nitro groups is 1. The molecule has 4 nitrogen and oxygen atoms in total. The third kappa shape index (κ3) is 2.03. The molecule has 0 radical (unpaired) electrons. The topological polar surface area (TPSA) is 56.0 Å². The monoisotopic (exact) mass is 266 g/mol. The molecular formula is C7H5BrF2N2O2. The first-order chi connectivity index (χ1) is 6.43. The molecule has 0 saturated heterocycles. The van der Waals surface area contributed by atoms with E-state index in [-0.39, 0.29) is 15.7 Å². The van der Waals surface area contributed by atoms with E-state index in [1.54, 1.807) is 0 Å². The minimum atomic E-state index is -2.70. The van der Waals surface area contributed by atoms with Crippen molar-refractivity contribution in [2.75, 3.05) is 0 Å². The van der Waals surface area contributed by atoms with Crippen LogP contribution in [0, 0.1) is 17.0 Å². The zero-order chi connectivity index (χ0) is 10.9. The van der Waals surface area contributed by atoms with Gasteiger partial charge in [-0.25, -0.2) is 8.78 Å². The summed E-state index contributed by atoms with van der Waals surface area (Å²) in [6.45, 7) is 1.38. The van der Waals surface area contributed by atoms with Crippen LogP contribution in [0.1, 0.15) is 17.6 Å². The first kappa shape index (κ1) is 11.0. The fourth-order valence-corrected chi connectivity index (χ4v) is 1.65. The van der Waals surface area contributed by atoms with Crippen LogP contribution in [0.3, 0.4) is 0 Å². The lowest BCUT2D eigenvalue weighted by atomic mass is 10.1. The molecule has 7 heteroatoms. The smallest absolute Gasteiger partial charge is 0.358 e. The summed E-state index contributed by atoms with van der Waals surface area (Å²) in [6, 6.07) is 1.02. The molecule has 0 spiro atoms. The lowest BCUT2D eigenvalue weighted by Gasteiger charge is -2.03. The Kier molecular flexibility index (Phi) is 3.10. The summed E-state index contributed by atoms with van der Waals surface area (Å²) in [7, 11) is 0. The fourth-order valence-electron chi connectivity index (χ4n) is 0.983. The van der Waals surface area contributed by atoms with Gasteiger partial charge in [-0.2, -0.15) is 0 Å². The fraction of sp³-hybridized carbons (Fsp3) is 0.286. The Labute approximate surface area is 86.2 Å². The highest BCUT2D eigenvalue weighted by atomic mass is 79.9. The summed E-state index contributed by atoms with van der Waals surface area (Å²) < 4.78 is 24.6. The summed E-state index contributed by atoms with van der Waals surface area (Å²) in [5.74, 6) is -0.446. The highest BCUT2D eigenvalue weighted by Crippen LogP contribution is 2.30. The maximum Gasteiger partial charge on any atom is 0.364 e. The molecule has 0 aromatic carbocycles. The van der Waals surface area contributed by atoms with E-state index >= 15 is 0 Å². The number of nitrogens with zero attached hydrogens (tertiary/aromatic N) is 2. The molecule has 0 bridgehead atoms. The van der Waals surface area contributed by atoms with E-state index in [9.17, 15) is 18.9 Å². The molecule has 0 amide bonds. The average Bonchev–Trinajstić information content (AvgIpc) is 2.01. The van der Waals surface area contributed by atoms with Gasteiger partial charge in [-0.15, -0.1) is 0 Å². The molecule has 1 heterocycles. The molecular weight excluding hydrogens is 262 g/mol. The highest BCUT2D eigenvalue weighted by Gasteiger charge is 2.22. The van der Waals surface area contributed by atoms with Gasteiger partial charge in [0.25, 0.3) is 6.43 Å². The van der Waals surface area contributed by atoms with Gasteiger partial charge in [0.05, 0.1) is 5.56 Å². The van der Waals surface area contributed by atoms with Gasteiger partial charge in [-0.3, -0.25) is 0 Å².